The average Bonchev–Trinajstić information content (AvgIpc) is 2.86. The molecule has 0 spiro atoms. The third-order valence-electron chi connectivity index (χ3n) is 4.94. The number of nitrogens with one attached hydrogen (secondary N) is 1. The van der Waals surface area contributed by atoms with Gasteiger partial charge in [-0.1, -0.05) is 44.2 Å². The number of carbonyl (C=O) groups is 5. The summed E-state index contributed by atoms with van der Waals surface area (Å²) in [7, 11) is 1.48. The molecule has 0 aliphatic rings. The zero-order valence-corrected chi connectivity index (χ0v) is 22.0. The van der Waals surface area contributed by atoms with Crippen molar-refractivity contribution in [3.05, 3.63) is 35.9 Å². The van der Waals surface area contributed by atoms with E-state index in [4.69, 9.17) is 23.7 Å². The Labute approximate surface area is 217 Å². The van der Waals surface area contributed by atoms with Gasteiger partial charge in [-0.3, -0.25) is 14.4 Å². The smallest absolute Gasteiger partial charge is 0.347 e. The Hall–Kier alpha value is -3.47. The van der Waals surface area contributed by atoms with E-state index < -0.39 is 54.0 Å². The molecule has 0 fully saturated rings. The second-order valence-electron chi connectivity index (χ2n) is 8.61. The third-order valence-corrected chi connectivity index (χ3v) is 4.94. The molecule has 0 saturated carbocycles. The standard InChI is InChI=1S/C26H37NO10/c1-17(2)24(30)36-19(4)26(32)37-18(3)25(31)35-16-21(15-20-9-7-6-8-10-20)27-22(28)11-12-23(29)34-14-13-33-5/h6-10,17-19,21H,11-16H2,1-5H3,(H,27,28). The van der Waals surface area contributed by atoms with E-state index in [1.165, 1.54) is 21.0 Å². The molecule has 0 aliphatic carbocycles. The first kappa shape index (κ1) is 31.6. The number of amides is 1. The zero-order valence-electron chi connectivity index (χ0n) is 22.0. The van der Waals surface area contributed by atoms with Crippen molar-refractivity contribution in [2.75, 3.05) is 26.9 Å². The van der Waals surface area contributed by atoms with E-state index in [2.05, 4.69) is 5.32 Å². The van der Waals surface area contributed by atoms with Gasteiger partial charge in [0.25, 0.3) is 0 Å². The molecule has 1 rings (SSSR count). The minimum absolute atomic E-state index is 0.102. The molecule has 0 saturated heterocycles. The monoisotopic (exact) mass is 523 g/mol. The number of methoxy groups -OCH3 is 1. The van der Waals surface area contributed by atoms with Crippen LogP contribution in [0.4, 0.5) is 0 Å². The number of carbonyl (C=O) groups excluding carboxylic acids is 5. The summed E-state index contributed by atoms with van der Waals surface area (Å²) in [5, 5.41) is 2.76. The highest BCUT2D eigenvalue weighted by molar-refractivity contribution is 5.83. The fraction of sp³-hybridized carbons (Fsp3) is 0.577. The Morgan fingerprint density at radius 2 is 1.41 bits per heavy atom. The van der Waals surface area contributed by atoms with Gasteiger partial charge in [0.15, 0.2) is 12.2 Å². The van der Waals surface area contributed by atoms with Crippen LogP contribution in [0.5, 0.6) is 0 Å². The molecule has 0 aromatic heterocycles. The van der Waals surface area contributed by atoms with Gasteiger partial charge < -0.3 is 29.0 Å². The topological polar surface area (TPSA) is 144 Å². The summed E-state index contributed by atoms with van der Waals surface area (Å²) < 4.78 is 25.1. The van der Waals surface area contributed by atoms with E-state index in [-0.39, 0.29) is 32.7 Å². The minimum Gasteiger partial charge on any atom is -0.463 e. The van der Waals surface area contributed by atoms with E-state index >= 15 is 0 Å². The number of benzene rings is 1. The summed E-state index contributed by atoms with van der Waals surface area (Å²) in [5.74, 6) is -3.64. The van der Waals surface area contributed by atoms with Crippen LogP contribution in [0.15, 0.2) is 30.3 Å². The van der Waals surface area contributed by atoms with Crippen molar-refractivity contribution >= 4 is 29.8 Å². The van der Waals surface area contributed by atoms with Crippen LogP contribution in [-0.2, 0) is 54.1 Å². The molecule has 0 radical (unpaired) electrons. The molecule has 3 unspecified atom stereocenters. The van der Waals surface area contributed by atoms with Crippen molar-refractivity contribution in [2.45, 2.75) is 65.2 Å². The van der Waals surface area contributed by atoms with E-state index in [1.807, 2.05) is 30.3 Å². The average molecular weight is 524 g/mol. The maximum Gasteiger partial charge on any atom is 0.347 e. The predicted molar refractivity (Wildman–Crippen MR) is 131 cm³/mol. The molecule has 0 heterocycles. The highest BCUT2D eigenvalue weighted by Gasteiger charge is 2.27. The van der Waals surface area contributed by atoms with Gasteiger partial charge in [-0.2, -0.15) is 0 Å². The van der Waals surface area contributed by atoms with Crippen LogP contribution in [0.25, 0.3) is 0 Å². The van der Waals surface area contributed by atoms with Crippen LogP contribution in [0, 0.1) is 5.92 Å². The van der Waals surface area contributed by atoms with Gasteiger partial charge in [0.05, 0.1) is 25.0 Å². The summed E-state index contributed by atoms with van der Waals surface area (Å²) in [6, 6.07) is 8.64. The summed E-state index contributed by atoms with van der Waals surface area (Å²) in [4.78, 5) is 60.4. The normalized spacial score (nSPS) is 13.1. The van der Waals surface area contributed by atoms with E-state index in [0.29, 0.717) is 6.42 Å². The first-order chi connectivity index (χ1) is 17.5. The Morgan fingerprint density at radius 1 is 0.784 bits per heavy atom. The maximum absolute atomic E-state index is 12.4. The van der Waals surface area contributed by atoms with Gasteiger partial charge in [0.1, 0.15) is 13.2 Å². The molecule has 1 aromatic rings. The number of esters is 4. The maximum atomic E-state index is 12.4. The lowest BCUT2D eigenvalue weighted by Crippen LogP contribution is -2.42. The fourth-order valence-electron chi connectivity index (χ4n) is 2.85. The van der Waals surface area contributed by atoms with Gasteiger partial charge in [-0.15, -0.1) is 0 Å². The summed E-state index contributed by atoms with van der Waals surface area (Å²) >= 11 is 0. The van der Waals surface area contributed by atoms with Crippen LogP contribution < -0.4 is 5.32 Å². The van der Waals surface area contributed by atoms with E-state index in [9.17, 15) is 24.0 Å². The molecule has 206 valence electrons. The highest BCUT2D eigenvalue weighted by atomic mass is 16.6. The lowest BCUT2D eigenvalue weighted by molar-refractivity contribution is -0.178. The fourth-order valence-corrected chi connectivity index (χ4v) is 2.85. The molecule has 11 nitrogen and oxygen atoms in total. The Balaban J connectivity index is 2.63. The van der Waals surface area contributed by atoms with Gasteiger partial charge in [0, 0.05) is 13.5 Å². The molecular formula is C26H37NO10. The molecule has 1 amide bonds. The number of rotatable bonds is 16. The lowest BCUT2D eigenvalue weighted by atomic mass is 10.1. The number of ether oxygens (including phenoxy) is 5. The van der Waals surface area contributed by atoms with Crippen molar-refractivity contribution in [3.63, 3.8) is 0 Å². The number of hydrogen-bond donors (Lipinski definition) is 1. The van der Waals surface area contributed by atoms with Crippen molar-refractivity contribution in [1.29, 1.82) is 0 Å². The van der Waals surface area contributed by atoms with Crippen LogP contribution in [0.2, 0.25) is 0 Å². The van der Waals surface area contributed by atoms with E-state index in [1.54, 1.807) is 13.8 Å². The minimum atomic E-state index is -1.26. The highest BCUT2D eigenvalue weighted by Crippen LogP contribution is 2.08. The van der Waals surface area contributed by atoms with Crippen LogP contribution >= 0.6 is 0 Å². The Morgan fingerprint density at radius 3 is 2.03 bits per heavy atom. The quantitative estimate of drug-likeness (QED) is 0.193. The van der Waals surface area contributed by atoms with Crippen molar-refractivity contribution in [3.8, 4) is 0 Å². The van der Waals surface area contributed by atoms with Crippen LogP contribution in [0.1, 0.15) is 46.1 Å². The van der Waals surface area contributed by atoms with Gasteiger partial charge >= 0.3 is 23.9 Å². The second-order valence-corrected chi connectivity index (χ2v) is 8.61. The third kappa shape index (κ3) is 13.4. The van der Waals surface area contributed by atoms with Gasteiger partial charge in [0.2, 0.25) is 5.91 Å². The zero-order chi connectivity index (χ0) is 27.8. The van der Waals surface area contributed by atoms with Gasteiger partial charge in [-0.25, -0.2) is 9.59 Å². The largest absolute Gasteiger partial charge is 0.463 e. The van der Waals surface area contributed by atoms with Crippen molar-refractivity contribution < 1.29 is 47.7 Å². The van der Waals surface area contributed by atoms with Crippen LogP contribution in [-0.4, -0.2) is 75.0 Å². The summed E-state index contributed by atoms with van der Waals surface area (Å²) in [5.41, 5.74) is 0.892. The number of hydrogen-bond acceptors (Lipinski definition) is 10. The summed E-state index contributed by atoms with van der Waals surface area (Å²) in [6.07, 6.45) is -2.31. The Bertz CT molecular complexity index is 887. The van der Waals surface area contributed by atoms with E-state index in [0.717, 1.165) is 5.56 Å². The molecule has 0 bridgehead atoms. The predicted octanol–water partition coefficient (Wildman–Crippen LogP) is 1.75. The first-order valence-corrected chi connectivity index (χ1v) is 12.1. The second kappa shape index (κ2) is 17.1. The summed E-state index contributed by atoms with van der Waals surface area (Å²) in [6.45, 7) is 6.09. The molecule has 1 N–H and O–H groups in total. The lowest BCUT2D eigenvalue weighted by Gasteiger charge is -2.21. The van der Waals surface area contributed by atoms with Crippen molar-refractivity contribution in [1.82, 2.24) is 5.32 Å². The van der Waals surface area contributed by atoms with Crippen LogP contribution in [0.3, 0.4) is 0 Å². The molecule has 0 aliphatic heterocycles. The Kier molecular flexibility index (Phi) is 14.6. The SMILES string of the molecule is COCCOC(=O)CCC(=O)NC(COC(=O)C(C)OC(=O)C(C)OC(=O)C(C)C)Cc1ccccc1. The first-order valence-electron chi connectivity index (χ1n) is 12.1. The molecule has 11 heteroatoms. The molecule has 37 heavy (non-hydrogen) atoms. The molecular weight excluding hydrogens is 486 g/mol. The van der Waals surface area contributed by atoms with Crippen molar-refractivity contribution in [2.24, 2.45) is 5.92 Å². The van der Waals surface area contributed by atoms with Gasteiger partial charge in [-0.05, 0) is 25.8 Å². The molecule has 3 atom stereocenters. The molecule has 1 aromatic carbocycles.